The minimum absolute atomic E-state index is 0.166. The average molecular weight is 207 g/mol. The van der Waals surface area contributed by atoms with Crippen molar-refractivity contribution in [2.45, 2.75) is 32.2 Å². The van der Waals surface area contributed by atoms with Crippen molar-refractivity contribution in [3.63, 3.8) is 0 Å². The highest BCUT2D eigenvalue weighted by molar-refractivity contribution is 5.17. The maximum Gasteiger partial charge on any atom is 0.123 e. The Bertz CT molecular complexity index is 333. The summed E-state index contributed by atoms with van der Waals surface area (Å²) in [5, 5.41) is 0. The number of halogens is 1. The Hall–Kier alpha value is -0.890. The van der Waals surface area contributed by atoms with E-state index in [1.165, 1.54) is 18.9 Å². The summed E-state index contributed by atoms with van der Waals surface area (Å²) in [6.07, 6.45) is 3.42. The lowest BCUT2D eigenvalue weighted by Gasteiger charge is -2.19. The molecule has 1 fully saturated rings. The first-order chi connectivity index (χ1) is 7.16. The lowest BCUT2D eigenvalue weighted by molar-refractivity contribution is 0.404. The first-order valence-electron chi connectivity index (χ1n) is 5.67. The van der Waals surface area contributed by atoms with Crippen LogP contribution in [0.1, 0.15) is 25.3 Å². The van der Waals surface area contributed by atoms with E-state index in [-0.39, 0.29) is 11.9 Å². The van der Waals surface area contributed by atoms with Gasteiger partial charge in [-0.3, -0.25) is 0 Å². The van der Waals surface area contributed by atoms with Gasteiger partial charge in [0.1, 0.15) is 5.82 Å². The van der Waals surface area contributed by atoms with Crippen LogP contribution in [0.25, 0.3) is 0 Å². The molecule has 1 saturated carbocycles. The summed E-state index contributed by atoms with van der Waals surface area (Å²) < 4.78 is 12.9. The van der Waals surface area contributed by atoms with Crippen molar-refractivity contribution in [1.82, 2.24) is 0 Å². The fourth-order valence-corrected chi connectivity index (χ4v) is 2.09. The Balaban J connectivity index is 1.95. The van der Waals surface area contributed by atoms with E-state index in [1.54, 1.807) is 12.1 Å². The number of nitrogens with two attached hydrogens (primary N) is 1. The summed E-state index contributed by atoms with van der Waals surface area (Å²) in [4.78, 5) is 0. The molecule has 2 rings (SSSR count). The monoisotopic (exact) mass is 207 g/mol. The van der Waals surface area contributed by atoms with Crippen molar-refractivity contribution in [3.8, 4) is 0 Å². The summed E-state index contributed by atoms with van der Waals surface area (Å²) in [6, 6.07) is 6.92. The van der Waals surface area contributed by atoms with E-state index in [0.29, 0.717) is 5.92 Å². The molecular formula is C13H18FN. The largest absolute Gasteiger partial charge is 0.327 e. The summed E-state index contributed by atoms with van der Waals surface area (Å²) in [6.45, 7) is 2.21. The van der Waals surface area contributed by atoms with Crippen molar-refractivity contribution in [2.24, 2.45) is 17.6 Å². The maximum atomic E-state index is 12.9. The predicted molar refractivity (Wildman–Crippen MR) is 60.0 cm³/mol. The Morgan fingerprint density at radius 3 is 2.80 bits per heavy atom. The van der Waals surface area contributed by atoms with Gasteiger partial charge < -0.3 is 5.73 Å². The summed E-state index contributed by atoms with van der Waals surface area (Å²) in [5.74, 6) is 1.21. The van der Waals surface area contributed by atoms with Crippen LogP contribution in [0.2, 0.25) is 0 Å². The van der Waals surface area contributed by atoms with Crippen LogP contribution in [0.3, 0.4) is 0 Å². The minimum atomic E-state index is -0.168. The van der Waals surface area contributed by atoms with Gasteiger partial charge in [0, 0.05) is 6.04 Å². The Kier molecular flexibility index (Phi) is 3.06. The fourth-order valence-electron chi connectivity index (χ4n) is 2.09. The molecule has 1 aromatic rings. The zero-order valence-electron chi connectivity index (χ0n) is 9.12. The molecule has 2 N–H and O–H groups in total. The van der Waals surface area contributed by atoms with Crippen LogP contribution in [0, 0.1) is 17.7 Å². The highest BCUT2D eigenvalue weighted by Crippen LogP contribution is 2.38. The molecule has 0 aromatic heterocycles. The Morgan fingerprint density at radius 1 is 1.47 bits per heavy atom. The van der Waals surface area contributed by atoms with Gasteiger partial charge in [0.05, 0.1) is 0 Å². The van der Waals surface area contributed by atoms with Crippen molar-refractivity contribution in [3.05, 3.63) is 35.6 Å². The van der Waals surface area contributed by atoms with Gasteiger partial charge >= 0.3 is 0 Å². The minimum Gasteiger partial charge on any atom is -0.327 e. The van der Waals surface area contributed by atoms with Gasteiger partial charge in [-0.05, 0) is 48.8 Å². The standard InChI is InChI=1S/C13H18FN/c1-9(11-5-6-11)13(15)8-10-3-2-4-12(14)7-10/h2-4,7,9,11,13H,5-6,8,15H2,1H3. The first kappa shape index (κ1) is 10.6. The number of hydrogen-bond donors (Lipinski definition) is 1. The van der Waals surface area contributed by atoms with E-state index in [1.807, 2.05) is 6.07 Å². The molecule has 2 heteroatoms. The van der Waals surface area contributed by atoms with Gasteiger partial charge in [0.2, 0.25) is 0 Å². The van der Waals surface area contributed by atoms with Crippen LogP contribution >= 0.6 is 0 Å². The second-order valence-corrected chi connectivity index (χ2v) is 4.69. The molecular weight excluding hydrogens is 189 g/mol. The Labute approximate surface area is 90.5 Å². The number of hydrogen-bond acceptors (Lipinski definition) is 1. The topological polar surface area (TPSA) is 26.0 Å². The van der Waals surface area contributed by atoms with Gasteiger partial charge in [0.15, 0.2) is 0 Å². The highest BCUT2D eigenvalue weighted by atomic mass is 19.1. The van der Waals surface area contributed by atoms with Crippen LogP contribution in [0.4, 0.5) is 4.39 Å². The molecule has 15 heavy (non-hydrogen) atoms. The van der Waals surface area contributed by atoms with Gasteiger partial charge in [-0.25, -0.2) is 4.39 Å². The van der Waals surface area contributed by atoms with Gasteiger partial charge in [-0.15, -0.1) is 0 Å². The zero-order chi connectivity index (χ0) is 10.8. The molecule has 0 spiro atoms. The van der Waals surface area contributed by atoms with E-state index in [0.717, 1.165) is 17.9 Å². The summed E-state index contributed by atoms with van der Waals surface area (Å²) >= 11 is 0. The lowest BCUT2D eigenvalue weighted by atomic mass is 9.92. The molecule has 0 heterocycles. The van der Waals surface area contributed by atoms with Crippen molar-refractivity contribution >= 4 is 0 Å². The van der Waals surface area contributed by atoms with Crippen LogP contribution in [0.15, 0.2) is 24.3 Å². The quantitative estimate of drug-likeness (QED) is 0.807. The third-order valence-corrected chi connectivity index (χ3v) is 3.40. The number of rotatable bonds is 4. The number of benzene rings is 1. The highest BCUT2D eigenvalue weighted by Gasteiger charge is 2.31. The van der Waals surface area contributed by atoms with Gasteiger partial charge in [0.25, 0.3) is 0 Å². The molecule has 1 aliphatic carbocycles. The first-order valence-corrected chi connectivity index (χ1v) is 5.67. The van der Waals surface area contributed by atoms with E-state index < -0.39 is 0 Å². The van der Waals surface area contributed by atoms with E-state index >= 15 is 0 Å². The molecule has 2 atom stereocenters. The van der Waals surface area contributed by atoms with Crippen LogP contribution in [-0.2, 0) is 6.42 Å². The van der Waals surface area contributed by atoms with E-state index in [2.05, 4.69) is 6.92 Å². The summed E-state index contributed by atoms with van der Waals surface area (Å²) in [7, 11) is 0. The lowest BCUT2D eigenvalue weighted by Crippen LogP contribution is -2.31. The molecule has 0 amide bonds. The fraction of sp³-hybridized carbons (Fsp3) is 0.538. The molecule has 1 aliphatic rings. The van der Waals surface area contributed by atoms with Crippen LogP contribution in [-0.4, -0.2) is 6.04 Å². The normalized spacial score (nSPS) is 19.9. The van der Waals surface area contributed by atoms with Crippen molar-refractivity contribution in [1.29, 1.82) is 0 Å². The average Bonchev–Trinajstić information content (AvgIpc) is 2.99. The van der Waals surface area contributed by atoms with E-state index in [9.17, 15) is 4.39 Å². The van der Waals surface area contributed by atoms with Crippen molar-refractivity contribution in [2.75, 3.05) is 0 Å². The molecule has 1 nitrogen and oxygen atoms in total. The second-order valence-electron chi connectivity index (χ2n) is 4.69. The molecule has 0 saturated heterocycles. The maximum absolute atomic E-state index is 12.9. The van der Waals surface area contributed by atoms with Gasteiger partial charge in [-0.2, -0.15) is 0 Å². The zero-order valence-corrected chi connectivity index (χ0v) is 9.12. The Morgan fingerprint density at radius 2 is 2.20 bits per heavy atom. The second kappa shape index (κ2) is 4.31. The third-order valence-electron chi connectivity index (χ3n) is 3.40. The molecule has 0 radical (unpaired) electrons. The van der Waals surface area contributed by atoms with Gasteiger partial charge in [-0.1, -0.05) is 19.1 Å². The molecule has 0 bridgehead atoms. The molecule has 1 aromatic carbocycles. The molecule has 2 unspecified atom stereocenters. The molecule has 0 aliphatic heterocycles. The SMILES string of the molecule is CC(C(N)Cc1cccc(F)c1)C1CC1. The third kappa shape index (κ3) is 2.78. The van der Waals surface area contributed by atoms with Crippen LogP contribution in [0.5, 0.6) is 0 Å². The predicted octanol–water partition coefficient (Wildman–Crippen LogP) is 2.74. The summed E-state index contributed by atoms with van der Waals surface area (Å²) in [5.41, 5.74) is 7.13. The van der Waals surface area contributed by atoms with E-state index in [4.69, 9.17) is 5.73 Å². The smallest absolute Gasteiger partial charge is 0.123 e. The molecule has 82 valence electrons. The van der Waals surface area contributed by atoms with Crippen LogP contribution < -0.4 is 5.73 Å². The van der Waals surface area contributed by atoms with Crippen molar-refractivity contribution < 1.29 is 4.39 Å².